The van der Waals surface area contributed by atoms with Crippen LogP contribution >= 0.6 is 23.4 Å². The number of likely N-dealkylation sites (tertiary alicyclic amines) is 1. The van der Waals surface area contributed by atoms with Gasteiger partial charge < -0.3 is 19.6 Å². The molecule has 4 aliphatic rings. The summed E-state index contributed by atoms with van der Waals surface area (Å²) < 4.78 is 3.85. The highest BCUT2D eigenvalue weighted by Crippen LogP contribution is 2.65. The number of thioether (sulfide) groups is 1. The van der Waals surface area contributed by atoms with Crippen LogP contribution in [-0.2, 0) is 19.1 Å². The van der Waals surface area contributed by atoms with Crippen LogP contribution in [0.1, 0.15) is 26.7 Å². The number of esters is 1. The van der Waals surface area contributed by atoms with Crippen LogP contribution in [0.25, 0.3) is 0 Å². The number of para-hydroxylation sites is 1. The van der Waals surface area contributed by atoms with Crippen molar-refractivity contribution in [1.82, 2.24) is 4.90 Å². The van der Waals surface area contributed by atoms with Crippen LogP contribution in [0.4, 0.5) is 5.69 Å². The first kappa shape index (κ1) is 24.4. The molecule has 0 aliphatic carbocycles. The number of amides is 2. The average Bonchev–Trinajstić information content (AvgIpc) is 3.15. The van der Waals surface area contributed by atoms with Gasteiger partial charge in [0.1, 0.15) is 6.04 Å². The maximum absolute atomic E-state index is 14.3. The van der Waals surface area contributed by atoms with Gasteiger partial charge in [-0.05, 0) is 31.9 Å². The molecule has 186 valence electrons. The van der Waals surface area contributed by atoms with Gasteiger partial charge in [-0.2, -0.15) is 0 Å². The molecule has 1 aromatic rings. The number of rotatable bonds is 4. The first-order chi connectivity index (χ1) is 16.8. The van der Waals surface area contributed by atoms with Crippen molar-refractivity contribution in [2.45, 2.75) is 48.3 Å². The average molecular weight is 517 g/mol. The zero-order valence-electron chi connectivity index (χ0n) is 19.7. The van der Waals surface area contributed by atoms with Crippen LogP contribution in [0.15, 0.2) is 48.6 Å². The number of hydrogen-bond donors (Lipinski definition) is 1. The lowest BCUT2D eigenvalue weighted by Gasteiger charge is -2.39. The van der Waals surface area contributed by atoms with Crippen molar-refractivity contribution in [2.75, 3.05) is 24.7 Å². The summed E-state index contributed by atoms with van der Waals surface area (Å²) in [7, 11) is 0. The Bertz CT molecular complexity index is 1120. The number of cyclic esters (lactones) is 1. The fraction of sp³-hybridized carbons (Fsp3) is 0.500. The molecular formula is C26H29ClN2O5S. The Balaban J connectivity index is 1.69. The van der Waals surface area contributed by atoms with E-state index < -0.39 is 39.4 Å². The van der Waals surface area contributed by atoms with Crippen molar-refractivity contribution in [3.8, 4) is 0 Å². The lowest BCUT2D eigenvalue weighted by atomic mass is 9.74. The van der Waals surface area contributed by atoms with Crippen LogP contribution in [-0.4, -0.2) is 69.1 Å². The Morgan fingerprint density at radius 2 is 1.94 bits per heavy atom. The lowest BCUT2D eigenvalue weighted by Crippen LogP contribution is -2.56. The molecule has 0 radical (unpaired) electrons. The molecule has 9 heteroatoms. The van der Waals surface area contributed by atoms with E-state index in [1.807, 2.05) is 44.2 Å². The molecule has 4 aliphatic heterocycles. The number of hydrogen-bond acceptors (Lipinski definition) is 6. The number of halogens is 1. The molecule has 2 saturated heterocycles. The SMILES string of the molecule is CC[C@@H](CO)N1C(=O)[C@@H]2[C@@H]3C(=O)OCCC=C[C@]3(C)S[C@@]23C=CCN(c2ccccc2Cl)C(=O)C13. The third kappa shape index (κ3) is 3.56. The smallest absolute Gasteiger partial charge is 0.311 e. The van der Waals surface area contributed by atoms with Gasteiger partial charge in [0.2, 0.25) is 5.91 Å². The number of carbonyl (C=O) groups excluding carboxylic acids is 3. The summed E-state index contributed by atoms with van der Waals surface area (Å²) in [5, 5.41) is 10.6. The summed E-state index contributed by atoms with van der Waals surface area (Å²) >= 11 is 7.96. The number of aliphatic hydroxyl groups is 1. The Morgan fingerprint density at radius 1 is 1.17 bits per heavy atom. The van der Waals surface area contributed by atoms with Crippen molar-refractivity contribution in [2.24, 2.45) is 11.8 Å². The highest BCUT2D eigenvalue weighted by Gasteiger charge is 2.74. The summed E-state index contributed by atoms with van der Waals surface area (Å²) in [5.41, 5.74) is 0.563. The standard InChI is InChI=1S/C26H29ClN2O5S/c1-3-16(15-30)29-21-23(32)28(18-10-5-4-9-17(18)27)13-8-12-26(21)19(22(29)31)20-24(33)34-14-7-6-11-25(20,2)35-26/h4-6,8-12,16,19-21,30H,3,7,13-15H2,1-2H3/t16-,19-,20+,21?,25-,26-/m0/s1. The Hall–Kier alpha value is -2.29. The Morgan fingerprint density at radius 3 is 2.66 bits per heavy atom. The zero-order valence-corrected chi connectivity index (χ0v) is 21.3. The van der Waals surface area contributed by atoms with Gasteiger partial charge >= 0.3 is 5.97 Å². The monoisotopic (exact) mass is 516 g/mol. The first-order valence-electron chi connectivity index (χ1n) is 12.0. The summed E-state index contributed by atoms with van der Waals surface area (Å²) in [4.78, 5) is 44.9. The number of anilines is 1. The van der Waals surface area contributed by atoms with Gasteiger partial charge in [-0.1, -0.05) is 55.0 Å². The van der Waals surface area contributed by atoms with E-state index in [0.29, 0.717) is 23.6 Å². The second-order valence-electron chi connectivity index (χ2n) is 9.65. The molecule has 1 spiro atoms. The van der Waals surface area contributed by atoms with Crippen molar-refractivity contribution >= 4 is 46.8 Å². The maximum atomic E-state index is 14.3. The van der Waals surface area contributed by atoms with E-state index >= 15 is 0 Å². The molecule has 2 amide bonds. The number of fused-ring (bicyclic) bond motifs is 2. The van der Waals surface area contributed by atoms with Crippen molar-refractivity contribution in [3.63, 3.8) is 0 Å². The minimum atomic E-state index is -0.986. The fourth-order valence-electron chi connectivity index (χ4n) is 6.12. The normalized spacial score (nSPS) is 35.1. The molecule has 5 rings (SSSR count). The lowest BCUT2D eigenvalue weighted by molar-refractivity contribution is -0.154. The van der Waals surface area contributed by atoms with E-state index in [4.69, 9.17) is 16.3 Å². The summed E-state index contributed by atoms with van der Waals surface area (Å²) in [5.74, 6) is -2.50. The number of aliphatic hydroxyl groups excluding tert-OH is 1. The minimum Gasteiger partial charge on any atom is -0.465 e. The van der Waals surface area contributed by atoms with Gasteiger partial charge in [-0.3, -0.25) is 14.4 Å². The third-order valence-electron chi connectivity index (χ3n) is 7.68. The number of benzene rings is 1. The van der Waals surface area contributed by atoms with Crippen LogP contribution in [0.5, 0.6) is 0 Å². The van der Waals surface area contributed by atoms with Gasteiger partial charge in [-0.15, -0.1) is 11.8 Å². The highest BCUT2D eigenvalue weighted by atomic mass is 35.5. The van der Waals surface area contributed by atoms with Crippen molar-refractivity contribution in [1.29, 1.82) is 0 Å². The molecule has 1 aromatic carbocycles. The molecule has 0 saturated carbocycles. The van der Waals surface area contributed by atoms with E-state index in [-0.39, 0.29) is 31.6 Å². The van der Waals surface area contributed by atoms with Crippen molar-refractivity contribution < 1.29 is 24.2 Å². The van der Waals surface area contributed by atoms with E-state index in [1.54, 1.807) is 23.1 Å². The summed E-state index contributed by atoms with van der Waals surface area (Å²) in [6.07, 6.45) is 8.91. The quantitative estimate of drug-likeness (QED) is 0.488. The predicted octanol–water partition coefficient (Wildman–Crippen LogP) is 3.20. The zero-order chi connectivity index (χ0) is 25.0. The molecule has 2 fully saturated rings. The molecule has 6 atom stereocenters. The van der Waals surface area contributed by atoms with Gasteiger partial charge in [0, 0.05) is 11.3 Å². The minimum absolute atomic E-state index is 0.261. The second kappa shape index (κ2) is 8.98. The molecular weight excluding hydrogens is 488 g/mol. The Labute approximate surface area is 214 Å². The van der Waals surface area contributed by atoms with Gasteiger partial charge in [0.15, 0.2) is 0 Å². The van der Waals surface area contributed by atoms with Gasteiger partial charge in [-0.25, -0.2) is 0 Å². The first-order valence-corrected chi connectivity index (χ1v) is 13.2. The molecule has 1 N–H and O–H groups in total. The number of carbonyl (C=O) groups is 3. The van der Waals surface area contributed by atoms with Crippen LogP contribution < -0.4 is 4.90 Å². The van der Waals surface area contributed by atoms with Gasteiger partial charge in [0.25, 0.3) is 5.91 Å². The van der Waals surface area contributed by atoms with E-state index in [0.717, 1.165) is 0 Å². The van der Waals surface area contributed by atoms with E-state index in [9.17, 15) is 19.5 Å². The number of ether oxygens (including phenoxy) is 1. The molecule has 0 aromatic heterocycles. The number of nitrogens with zero attached hydrogens (tertiary/aromatic N) is 2. The van der Waals surface area contributed by atoms with Crippen molar-refractivity contribution in [3.05, 3.63) is 53.6 Å². The predicted molar refractivity (Wildman–Crippen MR) is 135 cm³/mol. The van der Waals surface area contributed by atoms with Gasteiger partial charge in [0.05, 0.1) is 46.5 Å². The summed E-state index contributed by atoms with van der Waals surface area (Å²) in [6, 6.07) is 5.67. The van der Waals surface area contributed by atoms with E-state index in [1.165, 1.54) is 16.7 Å². The molecule has 4 heterocycles. The van der Waals surface area contributed by atoms with Crippen LogP contribution in [0.3, 0.4) is 0 Å². The molecule has 7 nitrogen and oxygen atoms in total. The third-order valence-corrected chi connectivity index (χ3v) is 9.79. The largest absolute Gasteiger partial charge is 0.465 e. The highest BCUT2D eigenvalue weighted by molar-refractivity contribution is 8.02. The van der Waals surface area contributed by atoms with Crippen LogP contribution in [0, 0.1) is 11.8 Å². The topological polar surface area (TPSA) is 87.2 Å². The summed E-state index contributed by atoms with van der Waals surface area (Å²) in [6.45, 7) is 4.10. The molecule has 0 bridgehead atoms. The molecule has 1 unspecified atom stereocenters. The second-order valence-corrected chi connectivity index (χ2v) is 11.8. The van der Waals surface area contributed by atoms with Crippen LogP contribution in [0.2, 0.25) is 5.02 Å². The Kier molecular flexibility index (Phi) is 6.26. The fourth-order valence-corrected chi connectivity index (χ4v) is 8.50. The van der Waals surface area contributed by atoms with E-state index in [2.05, 4.69) is 0 Å². The maximum Gasteiger partial charge on any atom is 0.311 e. The molecule has 35 heavy (non-hydrogen) atoms.